The predicted octanol–water partition coefficient (Wildman–Crippen LogP) is 2.13. The molecular weight excluding hydrogens is 636 g/mol. The van der Waals surface area contributed by atoms with E-state index in [4.69, 9.17) is 6.58 Å². The Hall–Kier alpha value is 1.54. The molecule has 10 heavy (non-hydrogen) atoms. The molecule has 0 atom stereocenters. The molecule has 0 aliphatic carbocycles. The van der Waals surface area contributed by atoms with Crippen molar-refractivity contribution < 1.29 is 53.5 Å². The Bertz CT molecular complexity index is 116. The molecule has 0 heterocycles. The molecule has 0 rings (SSSR count). The molecule has 0 aromatic carbocycles. The third-order valence-corrected chi connectivity index (χ3v) is 0.967. The van der Waals surface area contributed by atoms with E-state index < -0.39 is 0 Å². The number of allylic oxidation sites excluding steroid dienone is 3. The van der Waals surface area contributed by atoms with Crippen molar-refractivity contribution in [2.24, 2.45) is 0 Å². The van der Waals surface area contributed by atoms with Crippen molar-refractivity contribution in [2.75, 3.05) is 0 Å². The second kappa shape index (κ2) is 13.2. The van der Waals surface area contributed by atoms with Crippen LogP contribution in [0, 0.1) is 12.7 Å². The summed E-state index contributed by atoms with van der Waals surface area (Å²) >= 11 is 3.33. The molecule has 0 aromatic heterocycles. The van der Waals surface area contributed by atoms with E-state index in [-0.39, 0.29) is 21.1 Å². The fourth-order valence-corrected chi connectivity index (χ4v) is 0.197. The molecular formula is C7H10W3-2. The van der Waals surface area contributed by atoms with Crippen LogP contribution in [-0.4, -0.2) is 0 Å². The predicted molar refractivity (Wildman–Crippen MR) is 31.6 cm³/mol. The third-order valence-electron chi connectivity index (χ3n) is 0.967. The van der Waals surface area contributed by atoms with Gasteiger partial charge in [-0.2, -0.15) is 0 Å². The maximum absolute atomic E-state index is 5.36. The Kier molecular flexibility index (Phi) is 23.1. The van der Waals surface area contributed by atoms with Crippen molar-refractivity contribution in [1.29, 1.82) is 0 Å². The van der Waals surface area contributed by atoms with Gasteiger partial charge in [-0.25, -0.2) is 0 Å². The molecule has 0 aliphatic rings. The molecule has 0 aromatic rings. The quantitative estimate of drug-likeness (QED) is 0.303. The summed E-state index contributed by atoms with van der Waals surface area (Å²) in [6.07, 6.45) is 2.92. The van der Waals surface area contributed by atoms with Gasteiger partial charge in [0.25, 0.3) is 0 Å². The van der Waals surface area contributed by atoms with Crippen LogP contribution in [-0.2, 0) is 53.5 Å². The van der Waals surface area contributed by atoms with Crippen LogP contribution < -0.4 is 0 Å². The number of rotatable bonds is 1. The first-order chi connectivity index (χ1) is 4.18. The molecule has 0 aliphatic heterocycles. The molecule has 0 saturated carbocycles. The van der Waals surface area contributed by atoms with E-state index in [0.29, 0.717) is 0 Å². The van der Waals surface area contributed by atoms with Gasteiger partial charge in [-0.1, -0.05) is 0 Å². The zero-order valence-electron chi connectivity index (χ0n) is 6.30. The van der Waals surface area contributed by atoms with Crippen LogP contribution in [0.25, 0.3) is 0 Å². The van der Waals surface area contributed by atoms with Crippen LogP contribution in [0.5, 0.6) is 0 Å². The van der Waals surface area contributed by atoms with Crippen LogP contribution >= 0.6 is 0 Å². The normalized spacial score (nSPS) is 8.50. The van der Waals surface area contributed by atoms with E-state index in [9.17, 15) is 0 Å². The van der Waals surface area contributed by atoms with E-state index in [0.717, 1.165) is 11.1 Å². The van der Waals surface area contributed by atoms with Crippen molar-refractivity contribution >= 4 is 0 Å². The standard InChI is InChI=1S/C7H10.3W/c1-5-7(4)6(2)3;;;/h2H,1,3-4H3;;;/q-2;;;. The van der Waals surface area contributed by atoms with Gasteiger partial charge in [0.05, 0.1) is 0 Å². The van der Waals surface area contributed by atoms with E-state index in [1.54, 1.807) is 32.4 Å². The van der Waals surface area contributed by atoms with Gasteiger partial charge in [0.15, 0.2) is 0 Å². The van der Waals surface area contributed by atoms with Crippen molar-refractivity contribution in [3.05, 3.63) is 23.8 Å². The summed E-state index contributed by atoms with van der Waals surface area (Å²) < 4.78 is 0. The fourth-order valence-electron chi connectivity index (χ4n) is 0.197. The van der Waals surface area contributed by atoms with E-state index in [1.165, 1.54) is 0 Å². The summed E-state index contributed by atoms with van der Waals surface area (Å²) in [5.74, 6) is 0. The number of hydrogen-bond donors (Lipinski definition) is 0. The molecule has 0 fully saturated rings. The van der Waals surface area contributed by atoms with Gasteiger partial charge < -0.3 is 23.8 Å². The SMILES string of the molecule is [CH-]=C(C)C(C)=[C-]C.[W].[W]=[W]. The van der Waals surface area contributed by atoms with Gasteiger partial charge in [-0.3, -0.25) is 0 Å². The van der Waals surface area contributed by atoms with Crippen molar-refractivity contribution in [1.82, 2.24) is 0 Å². The van der Waals surface area contributed by atoms with Crippen LogP contribution in [0.15, 0.2) is 11.1 Å². The first-order valence-electron chi connectivity index (χ1n) is 2.46. The number of hydrogen-bond acceptors (Lipinski definition) is 0. The average Bonchev–Trinajstić information content (AvgIpc) is 1.91. The summed E-state index contributed by atoms with van der Waals surface area (Å²) in [5.41, 5.74) is 1.89. The van der Waals surface area contributed by atoms with E-state index in [2.05, 4.69) is 6.08 Å². The first-order valence-corrected chi connectivity index (χ1v) is 13.5. The van der Waals surface area contributed by atoms with Crippen LogP contribution in [0.1, 0.15) is 20.8 Å². The molecule has 0 amide bonds. The van der Waals surface area contributed by atoms with Crippen LogP contribution in [0.2, 0.25) is 0 Å². The van der Waals surface area contributed by atoms with Gasteiger partial charge in [0.1, 0.15) is 0 Å². The van der Waals surface area contributed by atoms with Crippen LogP contribution in [0.4, 0.5) is 0 Å². The Balaban J connectivity index is -0.000000149. The molecule has 3 heteroatoms. The fraction of sp³-hybridized carbons (Fsp3) is 0.429. The van der Waals surface area contributed by atoms with Crippen molar-refractivity contribution in [2.45, 2.75) is 20.8 Å². The van der Waals surface area contributed by atoms with E-state index >= 15 is 0 Å². The molecule has 0 radical (unpaired) electrons. The molecule has 0 unspecified atom stereocenters. The molecule has 0 spiro atoms. The Morgan fingerprint density at radius 3 is 1.60 bits per heavy atom. The Labute approximate surface area is 97.0 Å². The summed E-state index contributed by atoms with van der Waals surface area (Å²) in [6.45, 7) is 11.0. The van der Waals surface area contributed by atoms with E-state index in [1.807, 2.05) is 20.8 Å². The maximum atomic E-state index is 5.36. The summed E-state index contributed by atoms with van der Waals surface area (Å²) in [4.78, 5) is 0. The third kappa shape index (κ3) is 12.2. The average molecular weight is 646 g/mol. The zero-order valence-corrected chi connectivity index (χ0v) is 15.1. The second-order valence-electron chi connectivity index (χ2n) is 1.56. The molecule has 0 N–H and O–H groups in total. The van der Waals surface area contributed by atoms with Crippen molar-refractivity contribution in [3.63, 3.8) is 0 Å². The van der Waals surface area contributed by atoms with Gasteiger partial charge in [-0.05, 0) is 0 Å². The minimum absolute atomic E-state index is 0. The van der Waals surface area contributed by atoms with Gasteiger partial charge in [0.2, 0.25) is 0 Å². The minimum atomic E-state index is 0. The molecule has 0 bridgehead atoms. The molecule has 0 nitrogen and oxygen atoms in total. The molecule has 58 valence electrons. The summed E-state index contributed by atoms with van der Waals surface area (Å²) in [6, 6.07) is 0. The van der Waals surface area contributed by atoms with Crippen molar-refractivity contribution in [3.8, 4) is 0 Å². The summed E-state index contributed by atoms with van der Waals surface area (Å²) in [5, 5.41) is 0. The first kappa shape index (κ1) is 17.6. The summed E-state index contributed by atoms with van der Waals surface area (Å²) in [7, 11) is 0. The molecule has 0 saturated heterocycles. The van der Waals surface area contributed by atoms with Gasteiger partial charge in [-0.15, -0.1) is 20.8 Å². The Morgan fingerprint density at radius 2 is 1.60 bits per heavy atom. The second-order valence-corrected chi connectivity index (χ2v) is 1.56. The topological polar surface area (TPSA) is 0 Å². The van der Waals surface area contributed by atoms with Gasteiger partial charge >= 0.3 is 32.4 Å². The monoisotopic (exact) mass is 646 g/mol. The van der Waals surface area contributed by atoms with Gasteiger partial charge in [0, 0.05) is 21.1 Å². The Morgan fingerprint density at radius 1 is 1.30 bits per heavy atom. The zero-order chi connectivity index (χ0) is 7.86. The van der Waals surface area contributed by atoms with Crippen LogP contribution in [0.3, 0.4) is 0 Å².